The second-order valence-electron chi connectivity index (χ2n) is 8.11. The van der Waals surface area contributed by atoms with Gasteiger partial charge >= 0.3 is 0 Å². The molecule has 1 rings (SSSR count). The lowest BCUT2D eigenvalue weighted by Crippen LogP contribution is -2.47. The molecular formula is C17H36N2. The van der Waals surface area contributed by atoms with Crippen molar-refractivity contribution >= 4 is 0 Å². The Hall–Kier alpha value is -0.0800. The Labute approximate surface area is 121 Å². The number of hydrogen-bond donors (Lipinski definition) is 1. The summed E-state index contributed by atoms with van der Waals surface area (Å²) < 4.78 is 0. The molecule has 0 spiro atoms. The van der Waals surface area contributed by atoms with Gasteiger partial charge in [0.1, 0.15) is 0 Å². The molecule has 0 heterocycles. The van der Waals surface area contributed by atoms with E-state index in [2.05, 4.69) is 51.9 Å². The van der Waals surface area contributed by atoms with Gasteiger partial charge in [0.2, 0.25) is 0 Å². The fourth-order valence-electron chi connectivity index (χ4n) is 3.12. The van der Waals surface area contributed by atoms with Crippen LogP contribution in [0.25, 0.3) is 0 Å². The first-order valence-corrected chi connectivity index (χ1v) is 8.18. The normalized spacial score (nSPS) is 21.0. The first kappa shape index (κ1) is 17.0. The van der Waals surface area contributed by atoms with Crippen LogP contribution in [0, 0.1) is 11.3 Å². The summed E-state index contributed by atoms with van der Waals surface area (Å²) in [7, 11) is 2.31. The van der Waals surface area contributed by atoms with Crippen LogP contribution in [0.4, 0.5) is 0 Å². The lowest BCUT2D eigenvalue weighted by Gasteiger charge is -2.36. The molecule has 0 aromatic heterocycles. The molecule has 2 heteroatoms. The molecule has 0 amide bonds. The van der Waals surface area contributed by atoms with Crippen molar-refractivity contribution in [3.63, 3.8) is 0 Å². The third-order valence-electron chi connectivity index (χ3n) is 4.60. The predicted octanol–water partition coefficient (Wildman–Crippen LogP) is 3.91. The minimum absolute atomic E-state index is 0.223. The maximum atomic E-state index is 3.69. The SMILES string of the molecule is CCC(C)(CNC(C)(C)C)CN(C)CC1CCCC1. The third-order valence-corrected chi connectivity index (χ3v) is 4.60. The molecule has 2 nitrogen and oxygen atoms in total. The van der Waals surface area contributed by atoms with Gasteiger partial charge in [0.15, 0.2) is 0 Å². The molecule has 114 valence electrons. The van der Waals surface area contributed by atoms with E-state index < -0.39 is 0 Å². The Morgan fingerprint density at radius 1 is 1.11 bits per heavy atom. The van der Waals surface area contributed by atoms with Crippen molar-refractivity contribution in [2.24, 2.45) is 11.3 Å². The second-order valence-corrected chi connectivity index (χ2v) is 8.11. The van der Waals surface area contributed by atoms with E-state index in [4.69, 9.17) is 0 Å². The molecule has 1 unspecified atom stereocenters. The molecule has 1 N–H and O–H groups in total. The van der Waals surface area contributed by atoms with Crippen molar-refractivity contribution in [1.82, 2.24) is 10.2 Å². The van der Waals surface area contributed by atoms with Crippen molar-refractivity contribution in [2.45, 2.75) is 72.3 Å². The van der Waals surface area contributed by atoms with E-state index in [-0.39, 0.29) is 5.54 Å². The van der Waals surface area contributed by atoms with E-state index in [0.717, 1.165) is 12.5 Å². The summed E-state index contributed by atoms with van der Waals surface area (Å²) in [4.78, 5) is 2.57. The molecule has 0 bridgehead atoms. The number of nitrogens with zero attached hydrogens (tertiary/aromatic N) is 1. The van der Waals surface area contributed by atoms with Gasteiger partial charge < -0.3 is 10.2 Å². The molecule has 0 aromatic rings. The van der Waals surface area contributed by atoms with Crippen LogP contribution in [0.3, 0.4) is 0 Å². The average molecular weight is 268 g/mol. The van der Waals surface area contributed by atoms with E-state index in [9.17, 15) is 0 Å². The molecular weight excluding hydrogens is 232 g/mol. The second kappa shape index (κ2) is 7.08. The van der Waals surface area contributed by atoms with Gasteiger partial charge in [-0.1, -0.05) is 26.7 Å². The monoisotopic (exact) mass is 268 g/mol. The molecule has 0 radical (unpaired) electrons. The molecule has 0 saturated heterocycles. The van der Waals surface area contributed by atoms with Crippen LogP contribution in [-0.4, -0.2) is 37.1 Å². The maximum Gasteiger partial charge on any atom is 0.00967 e. The zero-order valence-electron chi connectivity index (χ0n) is 14.2. The summed E-state index contributed by atoms with van der Waals surface area (Å²) >= 11 is 0. The highest BCUT2D eigenvalue weighted by atomic mass is 15.1. The standard InChI is InChI=1S/C17H36N2/c1-7-17(5,13-18-16(2,3)4)14-19(6)12-15-10-8-9-11-15/h15,18H,7-14H2,1-6H3. The van der Waals surface area contributed by atoms with E-state index in [1.807, 2.05) is 0 Å². The molecule has 19 heavy (non-hydrogen) atoms. The molecule has 1 fully saturated rings. The summed E-state index contributed by atoms with van der Waals surface area (Å²) in [5.41, 5.74) is 0.612. The first-order chi connectivity index (χ1) is 8.74. The van der Waals surface area contributed by atoms with Crippen LogP contribution in [-0.2, 0) is 0 Å². The van der Waals surface area contributed by atoms with Crippen molar-refractivity contribution < 1.29 is 0 Å². The fourth-order valence-corrected chi connectivity index (χ4v) is 3.12. The number of nitrogens with one attached hydrogen (secondary N) is 1. The average Bonchev–Trinajstić information content (AvgIpc) is 2.78. The zero-order valence-corrected chi connectivity index (χ0v) is 14.2. The van der Waals surface area contributed by atoms with Crippen molar-refractivity contribution in [3.05, 3.63) is 0 Å². The lowest BCUT2D eigenvalue weighted by molar-refractivity contribution is 0.154. The van der Waals surface area contributed by atoms with Crippen LogP contribution >= 0.6 is 0 Å². The Morgan fingerprint density at radius 3 is 2.16 bits per heavy atom. The summed E-state index contributed by atoms with van der Waals surface area (Å²) in [6, 6.07) is 0. The summed E-state index contributed by atoms with van der Waals surface area (Å²) in [5, 5.41) is 3.69. The highest BCUT2D eigenvalue weighted by Gasteiger charge is 2.27. The fraction of sp³-hybridized carbons (Fsp3) is 1.00. The van der Waals surface area contributed by atoms with Gasteiger partial charge in [-0.2, -0.15) is 0 Å². The van der Waals surface area contributed by atoms with E-state index in [1.165, 1.54) is 45.2 Å². The molecule has 1 atom stereocenters. The largest absolute Gasteiger partial charge is 0.311 e. The third kappa shape index (κ3) is 6.76. The van der Waals surface area contributed by atoms with Crippen molar-refractivity contribution in [1.29, 1.82) is 0 Å². The van der Waals surface area contributed by atoms with E-state index >= 15 is 0 Å². The van der Waals surface area contributed by atoms with Crippen LogP contribution < -0.4 is 5.32 Å². The van der Waals surface area contributed by atoms with E-state index in [0.29, 0.717) is 5.41 Å². The lowest BCUT2D eigenvalue weighted by atomic mass is 9.85. The Kier molecular flexibility index (Phi) is 6.32. The van der Waals surface area contributed by atoms with Gasteiger partial charge in [-0.15, -0.1) is 0 Å². The first-order valence-electron chi connectivity index (χ1n) is 8.18. The Morgan fingerprint density at radius 2 is 1.68 bits per heavy atom. The molecule has 0 aromatic carbocycles. The van der Waals surface area contributed by atoms with Gasteiger partial charge in [-0.25, -0.2) is 0 Å². The van der Waals surface area contributed by atoms with Gasteiger partial charge in [0.25, 0.3) is 0 Å². The van der Waals surface area contributed by atoms with Crippen molar-refractivity contribution in [3.8, 4) is 0 Å². The molecule has 1 aliphatic rings. The quantitative estimate of drug-likeness (QED) is 0.753. The highest BCUT2D eigenvalue weighted by molar-refractivity contribution is 4.83. The zero-order chi connectivity index (χ0) is 14.5. The topological polar surface area (TPSA) is 15.3 Å². The van der Waals surface area contributed by atoms with Crippen LogP contribution in [0.15, 0.2) is 0 Å². The Balaban J connectivity index is 2.39. The van der Waals surface area contributed by atoms with Crippen LogP contribution in [0.1, 0.15) is 66.7 Å². The van der Waals surface area contributed by atoms with Crippen LogP contribution in [0.2, 0.25) is 0 Å². The molecule has 0 aliphatic heterocycles. The van der Waals surface area contributed by atoms with Gasteiger partial charge in [0, 0.05) is 25.2 Å². The maximum absolute atomic E-state index is 3.69. The summed E-state index contributed by atoms with van der Waals surface area (Å²) in [6.07, 6.45) is 7.05. The van der Waals surface area contributed by atoms with E-state index in [1.54, 1.807) is 0 Å². The molecule has 1 saturated carbocycles. The minimum atomic E-state index is 0.223. The minimum Gasteiger partial charge on any atom is -0.311 e. The van der Waals surface area contributed by atoms with Gasteiger partial charge in [-0.05, 0) is 58.4 Å². The summed E-state index contributed by atoms with van der Waals surface area (Å²) in [6.45, 7) is 15.1. The predicted molar refractivity (Wildman–Crippen MR) is 85.6 cm³/mol. The summed E-state index contributed by atoms with van der Waals surface area (Å²) in [5.74, 6) is 0.960. The highest BCUT2D eigenvalue weighted by Crippen LogP contribution is 2.27. The van der Waals surface area contributed by atoms with Crippen LogP contribution in [0.5, 0.6) is 0 Å². The molecule has 1 aliphatic carbocycles. The van der Waals surface area contributed by atoms with Crippen molar-refractivity contribution in [2.75, 3.05) is 26.7 Å². The number of rotatable bonds is 7. The smallest absolute Gasteiger partial charge is 0.00967 e. The van der Waals surface area contributed by atoms with Gasteiger partial charge in [0.05, 0.1) is 0 Å². The number of hydrogen-bond acceptors (Lipinski definition) is 2. The Bertz CT molecular complexity index is 250. The van der Waals surface area contributed by atoms with Gasteiger partial charge in [-0.3, -0.25) is 0 Å².